The van der Waals surface area contributed by atoms with Crippen molar-refractivity contribution in [2.24, 2.45) is 5.73 Å². The van der Waals surface area contributed by atoms with Crippen molar-refractivity contribution in [3.05, 3.63) is 64.3 Å². The molecule has 2 heterocycles. The molecule has 2 aromatic heterocycles. The SMILES string of the molecule is CN(CCN)C(=O)c1ccc(Nc2ncc(CNc3cc(C(=O)NC4CC4)c(F)cc3F)s2)nc1. The molecule has 1 aliphatic rings. The highest BCUT2D eigenvalue weighted by atomic mass is 32.1. The number of hydrogen-bond donors (Lipinski definition) is 4. The highest BCUT2D eigenvalue weighted by Gasteiger charge is 2.26. The molecule has 1 fully saturated rings. The van der Waals surface area contributed by atoms with Crippen LogP contribution in [-0.2, 0) is 6.54 Å². The predicted octanol–water partition coefficient (Wildman–Crippen LogP) is 3.09. The zero-order valence-electron chi connectivity index (χ0n) is 19.0. The first-order chi connectivity index (χ1) is 16.8. The van der Waals surface area contributed by atoms with Gasteiger partial charge in [-0.3, -0.25) is 9.59 Å². The molecule has 1 saturated carbocycles. The summed E-state index contributed by atoms with van der Waals surface area (Å²) in [6, 6.07) is 5.29. The van der Waals surface area contributed by atoms with Gasteiger partial charge in [-0.2, -0.15) is 0 Å². The standard InChI is InChI=1S/C23H25F2N7O2S/c1-32(7-6-26)22(34)13-2-5-20(28-10-13)31-23-29-12-15(35-23)11-27-19-8-16(17(24)9-18(19)25)21(33)30-14-3-4-14/h2,5,8-10,12,14,27H,3-4,6-7,11,26H2,1H3,(H,30,33)(H,28,29,31). The van der Waals surface area contributed by atoms with Crippen molar-refractivity contribution < 1.29 is 18.4 Å². The first-order valence-electron chi connectivity index (χ1n) is 11.0. The van der Waals surface area contributed by atoms with Gasteiger partial charge in [-0.05, 0) is 31.0 Å². The van der Waals surface area contributed by atoms with Crippen molar-refractivity contribution in [1.82, 2.24) is 20.2 Å². The molecule has 9 nitrogen and oxygen atoms in total. The Hall–Kier alpha value is -3.64. The van der Waals surface area contributed by atoms with Crippen LogP contribution in [0.1, 0.15) is 38.4 Å². The van der Waals surface area contributed by atoms with Gasteiger partial charge in [-0.15, -0.1) is 0 Å². The molecule has 3 aromatic rings. The summed E-state index contributed by atoms with van der Waals surface area (Å²) in [7, 11) is 1.67. The quantitative estimate of drug-likeness (QED) is 0.336. The smallest absolute Gasteiger partial charge is 0.255 e. The summed E-state index contributed by atoms with van der Waals surface area (Å²) in [5.74, 6) is -1.90. The number of nitrogens with zero attached hydrogens (tertiary/aromatic N) is 3. The van der Waals surface area contributed by atoms with E-state index in [0.717, 1.165) is 17.7 Å². The third-order valence-electron chi connectivity index (χ3n) is 5.28. The molecule has 12 heteroatoms. The zero-order chi connectivity index (χ0) is 24.9. The maximum atomic E-state index is 14.2. The summed E-state index contributed by atoms with van der Waals surface area (Å²) in [5.41, 5.74) is 5.75. The van der Waals surface area contributed by atoms with Crippen LogP contribution >= 0.6 is 11.3 Å². The fraction of sp³-hybridized carbons (Fsp3) is 0.304. The summed E-state index contributed by atoms with van der Waals surface area (Å²) in [6.07, 6.45) is 4.82. The number of anilines is 3. The number of benzene rings is 1. The lowest BCUT2D eigenvalue weighted by Gasteiger charge is -2.15. The van der Waals surface area contributed by atoms with E-state index >= 15 is 0 Å². The van der Waals surface area contributed by atoms with Crippen LogP contribution in [0.25, 0.3) is 0 Å². The van der Waals surface area contributed by atoms with Crippen LogP contribution in [0.4, 0.5) is 25.4 Å². The van der Waals surface area contributed by atoms with E-state index in [2.05, 4.69) is 25.9 Å². The number of nitrogens with two attached hydrogens (primary N) is 1. The second-order valence-corrected chi connectivity index (χ2v) is 9.23. The number of carbonyl (C=O) groups excluding carboxylic acids is 2. The average Bonchev–Trinajstić information content (AvgIpc) is 3.54. The number of hydrogen-bond acceptors (Lipinski definition) is 8. The van der Waals surface area contributed by atoms with Gasteiger partial charge in [0.1, 0.15) is 17.5 Å². The Labute approximate surface area is 204 Å². The van der Waals surface area contributed by atoms with E-state index in [0.29, 0.717) is 35.7 Å². The van der Waals surface area contributed by atoms with E-state index in [4.69, 9.17) is 5.73 Å². The van der Waals surface area contributed by atoms with Gasteiger partial charge in [0, 0.05) is 49.5 Å². The number of thiazole rings is 1. The topological polar surface area (TPSA) is 125 Å². The van der Waals surface area contributed by atoms with Gasteiger partial charge in [0.2, 0.25) is 0 Å². The number of nitrogens with one attached hydrogen (secondary N) is 3. The Morgan fingerprint density at radius 2 is 1.97 bits per heavy atom. The van der Waals surface area contributed by atoms with Crippen molar-refractivity contribution in [1.29, 1.82) is 0 Å². The molecular formula is C23H25F2N7O2S. The number of aromatic nitrogens is 2. The van der Waals surface area contributed by atoms with Crippen LogP contribution in [0, 0.1) is 11.6 Å². The van der Waals surface area contributed by atoms with Gasteiger partial charge in [0.05, 0.1) is 23.4 Å². The maximum Gasteiger partial charge on any atom is 0.255 e. The lowest BCUT2D eigenvalue weighted by Crippen LogP contribution is -2.31. The third kappa shape index (κ3) is 6.28. The van der Waals surface area contributed by atoms with Crippen LogP contribution in [0.3, 0.4) is 0 Å². The second-order valence-electron chi connectivity index (χ2n) is 8.12. The fourth-order valence-electron chi connectivity index (χ4n) is 3.20. The molecule has 0 unspecified atom stereocenters. The monoisotopic (exact) mass is 501 g/mol. The lowest BCUT2D eigenvalue weighted by atomic mass is 10.1. The van der Waals surface area contributed by atoms with E-state index in [1.54, 1.807) is 25.4 Å². The van der Waals surface area contributed by atoms with Crippen LogP contribution in [0.2, 0.25) is 0 Å². The van der Waals surface area contributed by atoms with Gasteiger partial charge < -0.3 is 26.6 Å². The molecule has 35 heavy (non-hydrogen) atoms. The fourth-order valence-corrected chi connectivity index (χ4v) is 3.96. The van der Waals surface area contributed by atoms with Crippen molar-refractivity contribution >= 4 is 39.8 Å². The van der Waals surface area contributed by atoms with Crippen molar-refractivity contribution in [3.63, 3.8) is 0 Å². The van der Waals surface area contributed by atoms with E-state index in [-0.39, 0.29) is 29.7 Å². The first kappa shape index (κ1) is 24.5. The van der Waals surface area contributed by atoms with Crippen LogP contribution in [-0.4, -0.2) is 52.9 Å². The molecule has 0 atom stereocenters. The Kier molecular flexibility index (Phi) is 7.51. The van der Waals surface area contributed by atoms with E-state index < -0.39 is 17.5 Å². The minimum absolute atomic E-state index is 0.0248. The molecule has 0 aliphatic heterocycles. The highest BCUT2D eigenvalue weighted by Crippen LogP contribution is 2.26. The number of amides is 2. The number of pyridine rings is 1. The Balaban J connectivity index is 1.36. The number of carbonyl (C=O) groups is 2. The zero-order valence-corrected chi connectivity index (χ0v) is 19.8. The minimum Gasteiger partial charge on any atom is -0.378 e. The molecule has 2 amide bonds. The third-order valence-corrected chi connectivity index (χ3v) is 6.19. The normalized spacial score (nSPS) is 12.8. The molecule has 184 valence electrons. The van der Waals surface area contributed by atoms with Crippen LogP contribution in [0.15, 0.2) is 36.7 Å². The predicted molar refractivity (Wildman–Crippen MR) is 130 cm³/mol. The minimum atomic E-state index is -0.901. The number of likely N-dealkylation sites (N-methyl/N-ethyl adjacent to an activating group) is 1. The maximum absolute atomic E-state index is 14.2. The Morgan fingerprint density at radius 1 is 1.17 bits per heavy atom. The van der Waals surface area contributed by atoms with Gasteiger partial charge in [0.25, 0.3) is 11.8 Å². The Bertz CT molecular complexity index is 1220. The van der Waals surface area contributed by atoms with Crippen molar-refractivity contribution in [2.45, 2.75) is 25.4 Å². The van der Waals surface area contributed by atoms with Crippen molar-refractivity contribution in [3.8, 4) is 0 Å². The van der Waals surface area contributed by atoms with Gasteiger partial charge in [-0.25, -0.2) is 18.7 Å². The van der Waals surface area contributed by atoms with E-state index in [1.807, 2.05) is 0 Å². The second kappa shape index (κ2) is 10.7. The summed E-state index contributed by atoms with van der Waals surface area (Å²) in [6.45, 7) is 1.05. The van der Waals surface area contributed by atoms with E-state index in [1.165, 1.54) is 28.5 Å². The number of rotatable bonds is 10. The lowest BCUT2D eigenvalue weighted by molar-refractivity contribution is 0.0798. The summed E-state index contributed by atoms with van der Waals surface area (Å²) in [5, 5.41) is 9.20. The Morgan fingerprint density at radius 3 is 2.66 bits per heavy atom. The average molecular weight is 502 g/mol. The highest BCUT2D eigenvalue weighted by molar-refractivity contribution is 7.15. The molecule has 1 aliphatic carbocycles. The molecule has 5 N–H and O–H groups in total. The molecule has 0 bridgehead atoms. The summed E-state index contributed by atoms with van der Waals surface area (Å²) < 4.78 is 28.3. The van der Waals surface area contributed by atoms with Crippen LogP contribution in [0.5, 0.6) is 0 Å². The molecule has 0 saturated heterocycles. The van der Waals surface area contributed by atoms with E-state index in [9.17, 15) is 18.4 Å². The summed E-state index contributed by atoms with van der Waals surface area (Å²) >= 11 is 1.32. The van der Waals surface area contributed by atoms with Crippen molar-refractivity contribution in [2.75, 3.05) is 30.8 Å². The summed E-state index contributed by atoms with van der Waals surface area (Å²) in [4.78, 5) is 35.3. The number of halogens is 2. The largest absolute Gasteiger partial charge is 0.378 e. The molecule has 0 spiro atoms. The van der Waals surface area contributed by atoms with Gasteiger partial charge in [-0.1, -0.05) is 11.3 Å². The molecular weight excluding hydrogens is 476 g/mol. The van der Waals surface area contributed by atoms with Gasteiger partial charge in [0.15, 0.2) is 5.13 Å². The van der Waals surface area contributed by atoms with Crippen LogP contribution < -0.4 is 21.7 Å². The molecule has 1 aromatic carbocycles. The molecule has 0 radical (unpaired) electrons. The first-order valence-corrected chi connectivity index (χ1v) is 11.8. The molecule has 4 rings (SSSR count). The van der Waals surface area contributed by atoms with Gasteiger partial charge >= 0.3 is 0 Å².